The van der Waals surface area contributed by atoms with Crippen LogP contribution >= 0.6 is 0 Å². The summed E-state index contributed by atoms with van der Waals surface area (Å²) in [5, 5.41) is 18.4. The Kier molecular flexibility index (Phi) is 5.44. The molecule has 2 aromatic carbocycles. The van der Waals surface area contributed by atoms with E-state index in [-0.39, 0.29) is 12.2 Å². The lowest BCUT2D eigenvalue weighted by Gasteiger charge is -2.39. The van der Waals surface area contributed by atoms with E-state index in [4.69, 9.17) is 4.74 Å². The molecule has 1 fully saturated rings. The van der Waals surface area contributed by atoms with Gasteiger partial charge in [-0.1, -0.05) is 18.2 Å². The van der Waals surface area contributed by atoms with Gasteiger partial charge in [0.2, 0.25) is 0 Å². The molecule has 1 aliphatic heterocycles. The number of ether oxygens (including phenoxy) is 1. The van der Waals surface area contributed by atoms with Gasteiger partial charge in [0, 0.05) is 43.0 Å². The highest BCUT2D eigenvalue weighted by molar-refractivity contribution is 5.95. The Morgan fingerprint density at radius 3 is 2.78 bits per heavy atom. The van der Waals surface area contributed by atoms with Gasteiger partial charge in [0.1, 0.15) is 11.9 Å². The predicted molar refractivity (Wildman–Crippen MR) is 125 cm³/mol. The van der Waals surface area contributed by atoms with Gasteiger partial charge in [-0.25, -0.2) is 4.68 Å². The Bertz CT molecular complexity index is 1260. The third-order valence-electron chi connectivity index (χ3n) is 5.69. The standard InChI is InChI=1S/C25H24N6O/c1-18-16-30(23-10-9-19(14-26)25-22(23)8-5-12-27-25)17-21(32-18)15-28-24-11-13-29-31(24)20-6-3-2-4-7-20/h2-13,18,21,28H,15-17H2,1H3/t18-,21-/m1/s1. The van der Waals surface area contributed by atoms with Gasteiger partial charge in [0.05, 0.1) is 35.2 Å². The zero-order valence-electron chi connectivity index (χ0n) is 17.8. The Balaban J connectivity index is 1.35. The molecule has 3 heterocycles. The summed E-state index contributed by atoms with van der Waals surface area (Å²) in [4.78, 5) is 6.79. The molecule has 0 unspecified atom stereocenters. The van der Waals surface area contributed by atoms with E-state index in [0.29, 0.717) is 12.1 Å². The zero-order valence-corrected chi connectivity index (χ0v) is 17.8. The van der Waals surface area contributed by atoms with Gasteiger partial charge in [-0.15, -0.1) is 0 Å². The normalized spacial score (nSPS) is 18.4. The van der Waals surface area contributed by atoms with E-state index in [1.54, 1.807) is 12.4 Å². The molecule has 2 aromatic heterocycles. The predicted octanol–water partition coefficient (Wildman–Crippen LogP) is 4.00. The number of anilines is 2. The Hall–Kier alpha value is -3.89. The molecule has 2 atom stereocenters. The number of fused-ring (bicyclic) bond motifs is 1. The number of morpholine rings is 1. The van der Waals surface area contributed by atoms with Crippen molar-refractivity contribution in [2.45, 2.75) is 19.1 Å². The highest BCUT2D eigenvalue weighted by atomic mass is 16.5. The monoisotopic (exact) mass is 424 g/mol. The number of para-hydroxylation sites is 1. The van der Waals surface area contributed by atoms with Crippen molar-refractivity contribution in [3.63, 3.8) is 0 Å². The van der Waals surface area contributed by atoms with Gasteiger partial charge in [-0.3, -0.25) is 4.98 Å². The van der Waals surface area contributed by atoms with Crippen molar-refractivity contribution in [2.24, 2.45) is 0 Å². The van der Waals surface area contributed by atoms with Crippen molar-refractivity contribution in [3.8, 4) is 11.8 Å². The fourth-order valence-corrected chi connectivity index (χ4v) is 4.31. The van der Waals surface area contributed by atoms with Gasteiger partial charge >= 0.3 is 0 Å². The maximum Gasteiger partial charge on any atom is 0.129 e. The fraction of sp³-hybridized carbons (Fsp3) is 0.240. The smallest absolute Gasteiger partial charge is 0.129 e. The first-order valence-electron chi connectivity index (χ1n) is 10.7. The molecule has 7 nitrogen and oxygen atoms in total. The van der Waals surface area contributed by atoms with E-state index < -0.39 is 0 Å². The minimum atomic E-state index is 0.000220. The van der Waals surface area contributed by atoms with Gasteiger partial charge in [0.15, 0.2) is 0 Å². The first kappa shape index (κ1) is 20.0. The van der Waals surface area contributed by atoms with Gasteiger partial charge in [0.25, 0.3) is 0 Å². The summed E-state index contributed by atoms with van der Waals surface area (Å²) >= 11 is 0. The van der Waals surface area contributed by atoms with Crippen LogP contribution in [-0.4, -0.2) is 46.6 Å². The van der Waals surface area contributed by atoms with Crippen LogP contribution < -0.4 is 10.2 Å². The Labute approximate surface area is 186 Å². The molecule has 1 aliphatic rings. The van der Waals surface area contributed by atoms with Crippen molar-refractivity contribution in [3.05, 3.63) is 78.6 Å². The molecule has 0 saturated carbocycles. The molecule has 0 aliphatic carbocycles. The van der Waals surface area contributed by atoms with E-state index in [2.05, 4.69) is 33.3 Å². The topological polar surface area (TPSA) is 79.0 Å². The van der Waals surface area contributed by atoms with Crippen LogP contribution in [0.4, 0.5) is 11.5 Å². The molecule has 0 spiro atoms. The van der Waals surface area contributed by atoms with Crippen molar-refractivity contribution >= 4 is 22.4 Å². The SMILES string of the molecule is C[C@@H]1CN(c2ccc(C#N)c3ncccc23)C[C@@H](CNc2ccnn2-c2ccccc2)O1. The molecule has 0 radical (unpaired) electrons. The summed E-state index contributed by atoms with van der Waals surface area (Å²) in [6, 6.07) is 22.1. The Morgan fingerprint density at radius 2 is 1.94 bits per heavy atom. The van der Waals surface area contributed by atoms with E-state index >= 15 is 0 Å². The van der Waals surface area contributed by atoms with E-state index in [0.717, 1.165) is 41.2 Å². The van der Waals surface area contributed by atoms with Crippen LogP contribution in [0.2, 0.25) is 0 Å². The second-order valence-electron chi connectivity index (χ2n) is 7.96. The summed E-state index contributed by atoms with van der Waals surface area (Å²) in [5.74, 6) is 0.928. The van der Waals surface area contributed by atoms with Crippen LogP contribution in [0.5, 0.6) is 0 Å². The van der Waals surface area contributed by atoms with Crippen molar-refractivity contribution in [2.75, 3.05) is 29.9 Å². The summed E-state index contributed by atoms with van der Waals surface area (Å²) in [6.07, 6.45) is 3.61. The van der Waals surface area contributed by atoms with Crippen LogP contribution in [0.1, 0.15) is 12.5 Å². The van der Waals surface area contributed by atoms with Gasteiger partial charge in [-0.2, -0.15) is 10.4 Å². The van der Waals surface area contributed by atoms with E-state index in [1.165, 1.54) is 0 Å². The van der Waals surface area contributed by atoms with Crippen molar-refractivity contribution in [1.82, 2.24) is 14.8 Å². The third kappa shape index (κ3) is 3.88. The van der Waals surface area contributed by atoms with Crippen LogP contribution in [0, 0.1) is 11.3 Å². The number of pyridine rings is 1. The van der Waals surface area contributed by atoms with Crippen molar-refractivity contribution < 1.29 is 4.74 Å². The number of hydrogen-bond acceptors (Lipinski definition) is 6. The van der Waals surface area contributed by atoms with Gasteiger partial charge < -0.3 is 15.0 Å². The van der Waals surface area contributed by atoms with Gasteiger partial charge in [-0.05, 0) is 43.3 Å². The summed E-state index contributed by atoms with van der Waals surface area (Å²) in [6.45, 7) is 4.28. The summed E-state index contributed by atoms with van der Waals surface area (Å²) in [7, 11) is 0. The lowest BCUT2D eigenvalue weighted by atomic mass is 10.1. The molecule has 32 heavy (non-hydrogen) atoms. The lowest BCUT2D eigenvalue weighted by Crippen LogP contribution is -2.49. The van der Waals surface area contributed by atoms with Crippen LogP contribution in [0.25, 0.3) is 16.6 Å². The fourth-order valence-electron chi connectivity index (χ4n) is 4.31. The van der Waals surface area contributed by atoms with Crippen LogP contribution in [-0.2, 0) is 4.74 Å². The second-order valence-corrected chi connectivity index (χ2v) is 7.96. The first-order chi connectivity index (χ1) is 15.7. The number of aromatic nitrogens is 3. The first-order valence-corrected chi connectivity index (χ1v) is 10.7. The lowest BCUT2D eigenvalue weighted by molar-refractivity contribution is -0.00825. The van der Waals surface area contributed by atoms with Crippen molar-refractivity contribution in [1.29, 1.82) is 5.26 Å². The molecule has 1 N–H and O–H groups in total. The summed E-state index contributed by atoms with van der Waals surface area (Å²) < 4.78 is 8.13. The summed E-state index contributed by atoms with van der Waals surface area (Å²) in [5.41, 5.74) is 3.43. The second kappa shape index (κ2) is 8.69. The number of nitriles is 1. The minimum Gasteiger partial charge on any atom is -0.370 e. The average Bonchev–Trinajstić information content (AvgIpc) is 3.31. The highest BCUT2D eigenvalue weighted by Gasteiger charge is 2.27. The molecule has 7 heteroatoms. The largest absolute Gasteiger partial charge is 0.370 e. The van der Waals surface area contributed by atoms with E-state index in [1.807, 2.05) is 65.3 Å². The quantitative estimate of drug-likeness (QED) is 0.522. The Morgan fingerprint density at radius 1 is 1.06 bits per heavy atom. The maximum atomic E-state index is 9.45. The number of hydrogen-bond donors (Lipinski definition) is 1. The number of nitrogens with one attached hydrogen (secondary N) is 1. The number of benzene rings is 2. The molecule has 5 rings (SSSR count). The number of rotatable bonds is 5. The third-order valence-corrected chi connectivity index (χ3v) is 5.69. The minimum absolute atomic E-state index is 0.000220. The molecule has 160 valence electrons. The molecule has 0 amide bonds. The molecular weight excluding hydrogens is 400 g/mol. The molecule has 4 aromatic rings. The highest BCUT2D eigenvalue weighted by Crippen LogP contribution is 2.30. The maximum absolute atomic E-state index is 9.45. The van der Waals surface area contributed by atoms with Crippen LogP contribution in [0.15, 0.2) is 73.1 Å². The molecule has 1 saturated heterocycles. The zero-order chi connectivity index (χ0) is 21.9. The van der Waals surface area contributed by atoms with Crippen LogP contribution in [0.3, 0.4) is 0 Å². The van der Waals surface area contributed by atoms with E-state index in [9.17, 15) is 5.26 Å². The average molecular weight is 425 g/mol. The molecular formula is C25H24N6O. The number of nitrogens with zero attached hydrogens (tertiary/aromatic N) is 5. The molecule has 0 bridgehead atoms.